The molecule has 4 nitrogen and oxygen atoms in total. The lowest BCUT2D eigenvalue weighted by atomic mass is 10.0. The number of halogens is 2. The minimum Gasteiger partial charge on any atom is -0.391 e. The molecule has 0 radical (unpaired) electrons. The second-order valence-electron chi connectivity index (χ2n) is 5.94. The van der Waals surface area contributed by atoms with Gasteiger partial charge in [-0.15, -0.1) is 0 Å². The molecule has 2 heterocycles. The van der Waals surface area contributed by atoms with Gasteiger partial charge in [0.2, 0.25) is 0 Å². The van der Waals surface area contributed by atoms with Gasteiger partial charge in [0.05, 0.1) is 11.8 Å². The quantitative estimate of drug-likeness (QED) is 0.939. The summed E-state index contributed by atoms with van der Waals surface area (Å²) in [5.74, 6) is 0.546. The number of hydrogen-bond acceptors (Lipinski definition) is 4. The van der Waals surface area contributed by atoms with Gasteiger partial charge in [0, 0.05) is 43.1 Å². The highest BCUT2D eigenvalue weighted by molar-refractivity contribution is 6.30. The lowest BCUT2D eigenvalue weighted by Crippen LogP contribution is -2.21. The van der Waals surface area contributed by atoms with Gasteiger partial charge in [-0.2, -0.15) is 0 Å². The van der Waals surface area contributed by atoms with Crippen molar-refractivity contribution in [1.29, 1.82) is 0 Å². The number of β-amino-alcohol motifs (C(OH)–C–C–N with tert-alkyl or cyclic N) is 1. The fraction of sp³-hybridized carbons (Fsp3) is 0.438. The van der Waals surface area contributed by atoms with E-state index in [-0.39, 0.29) is 11.7 Å². The van der Waals surface area contributed by atoms with E-state index in [0.29, 0.717) is 24.5 Å². The van der Waals surface area contributed by atoms with E-state index in [1.54, 1.807) is 6.07 Å². The molecule has 22 heavy (non-hydrogen) atoms. The highest BCUT2D eigenvalue weighted by atomic mass is 35.5. The van der Waals surface area contributed by atoms with Gasteiger partial charge in [0.1, 0.15) is 11.6 Å². The molecule has 0 aliphatic carbocycles. The number of likely N-dealkylation sites (tertiary alicyclic amines) is 1. The van der Waals surface area contributed by atoms with E-state index in [4.69, 9.17) is 16.1 Å². The zero-order valence-corrected chi connectivity index (χ0v) is 13.1. The summed E-state index contributed by atoms with van der Waals surface area (Å²) in [7, 11) is 0. The summed E-state index contributed by atoms with van der Waals surface area (Å²) >= 11 is 5.88. The van der Waals surface area contributed by atoms with Crippen molar-refractivity contribution in [3.05, 3.63) is 52.1 Å². The summed E-state index contributed by atoms with van der Waals surface area (Å²) in [5.41, 5.74) is 1.65. The molecule has 1 aromatic carbocycles. The molecule has 1 saturated heterocycles. The third-order valence-electron chi connectivity index (χ3n) is 3.95. The Balaban J connectivity index is 1.62. The Morgan fingerprint density at radius 2 is 2.18 bits per heavy atom. The van der Waals surface area contributed by atoms with Crippen LogP contribution in [-0.4, -0.2) is 34.4 Å². The van der Waals surface area contributed by atoms with E-state index in [2.05, 4.69) is 10.1 Å². The molecule has 2 atom stereocenters. The lowest BCUT2D eigenvalue weighted by molar-refractivity contribution is 0.137. The fourth-order valence-corrected chi connectivity index (χ4v) is 3.25. The molecule has 0 amide bonds. The Morgan fingerprint density at radius 1 is 1.36 bits per heavy atom. The molecule has 6 heteroatoms. The van der Waals surface area contributed by atoms with Crippen molar-refractivity contribution >= 4 is 11.6 Å². The normalized spacial score (nSPS) is 22.4. The summed E-state index contributed by atoms with van der Waals surface area (Å²) in [4.78, 5) is 2.10. The molecule has 2 aromatic rings. The minimum atomic E-state index is -0.422. The third-order valence-corrected chi connectivity index (χ3v) is 4.17. The van der Waals surface area contributed by atoms with Crippen LogP contribution in [0.3, 0.4) is 0 Å². The van der Waals surface area contributed by atoms with Gasteiger partial charge < -0.3 is 9.63 Å². The number of rotatable bonds is 4. The van der Waals surface area contributed by atoms with Crippen LogP contribution in [0, 0.1) is 18.7 Å². The number of nitrogens with zero attached hydrogens (tertiary/aromatic N) is 2. The van der Waals surface area contributed by atoms with Crippen molar-refractivity contribution in [2.24, 2.45) is 5.92 Å². The van der Waals surface area contributed by atoms with Crippen molar-refractivity contribution in [2.45, 2.75) is 26.0 Å². The second kappa shape index (κ2) is 6.36. The fourth-order valence-electron chi connectivity index (χ4n) is 3.00. The Morgan fingerprint density at radius 3 is 2.86 bits per heavy atom. The largest absolute Gasteiger partial charge is 0.391 e. The van der Waals surface area contributed by atoms with Gasteiger partial charge in [-0.1, -0.05) is 16.8 Å². The maximum atomic E-state index is 13.4. The average Bonchev–Trinajstić information content (AvgIpc) is 2.95. The predicted octanol–water partition coefficient (Wildman–Crippen LogP) is 2.81. The van der Waals surface area contributed by atoms with Gasteiger partial charge in [-0.05, 0) is 30.7 Å². The molecule has 0 saturated carbocycles. The molecule has 0 bridgehead atoms. The number of aryl methyl sites for hydroxylation is 1. The molecule has 1 aromatic heterocycles. The smallest absolute Gasteiger partial charge is 0.137 e. The molecule has 0 spiro atoms. The topological polar surface area (TPSA) is 49.5 Å². The zero-order chi connectivity index (χ0) is 15.7. The molecule has 1 fully saturated rings. The molecule has 1 N–H and O–H groups in total. The first-order chi connectivity index (χ1) is 10.5. The Labute approximate surface area is 133 Å². The van der Waals surface area contributed by atoms with E-state index in [0.717, 1.165) is 23.6 Å². The standard InChI is InChI=1S/C16H18ClFN2O2/c1-10-2-15(22-19-10)5-12-8-20(9-16(12)21)7-11-3-13(17)6-14(18)4-11/h2-4,6,12,16,21H,5,7-9H2,1H3/t12-,16+/m1/s1. The predicted molar refractivity (Wildman–Crippen MR) is 81.1 cm³/mol. The first-order valence-corrected chi connectivity index (χ1v) is 7.65. The van der Waals surface area contributed by atoms with Crippen LogP contribution in [-0.2, 0) is 13.0 Å². The number of aliphatic hydroxyl groups is 1. The molecular formula is C16H18ClFN2O2. The van der Waals surface area contributed by atoms with Crippen LogP contribution in [0.15, 0.2) is 28.8 Å². The highest BCUT2D eigenvalue weighted by Gasteiger charge is 2.32. The van der Waals surface area contributed by atoms with Gasteiger partial charge in [-0.25, -0.2) is 4.39 Å². The van der Waals surface area contributed by atoms with Crippen LogP contribution in [0.4, 0.5) is 4.39 Å². The number of benzene rings is 1. The van der Waals surface area contributed by atoms with Crippen molar-refractivity contribution in [3.63, 3.8) is 0 Å². The monoisotopic (exact) mass is 324 g/mol. The molecule has 118 valence electrons. The lowest BCUT2D eigenvalue weighted by Gasteiger charge is -2.15. The zero-order valence-electron chi connectivity index (χ0n) is 12.3. The van der Waals surface area contributed by atoms with Gasteiger partial charge in [-0.3, -0.25) is 4.90 Å². The number of aliphatic hydroxyl groups excluding tert-OH is 1. The number of aromatic nitrogens is 1. The van der Waals surface area contributed by atoms with Gasteiger partial charge >= 0.3 is 0 Å². The highest BCUT2D eigenvalue weighted by Crippen LogP contribution is 2.24. The third kappa shape index (κ3) is 3.66. The molecule has 1 aliphatic rings. The maximum Gasteiger partial charge on any atom is 0.137 e. The maximum absolute atomic E-state index is 13.4. The van der Waals surface area contributed by atoms with E-state index in [1.807, 2.05) is 13.0 Å². The van der Waals surface area contributed by atoms with Crippen molar-refractivity contribution in [1.82, 2.24) is 10.1 Å². The van der Waals surface area contributed by atoms with Crippen LogP contribution in [0.25, 0.3) is 0 Å². The van der Waals surface area contributed by atoms with E-state index in [9.17, 15) is 9.50 Å². The summed E-state index contributed by atoms with van der Waals surface area (Å²) in [6.07, 6.45) is 0.233. The van der Waals surface area contributed by atoms with Crippen molar-refractivity contribution in [2.75, 3.05) is 13.1 Å². The van der Waals surface area contributed by atoms with Crippen LogP contribution in [0.2, 0.25) is 5.02 Å². The van der Waals surface area contributed by atoms with Crippen molar-refractivity contribution < 1.29 is 14.0 Å². The number of hydrogen-bond donors (Lipinski definition) is 1. The van der Waals surface area contributed by atoms with Crippen LogP contribution >= 0.6 is 11.6 Å². The first kappa shape index (κ1) is 15.5. The van der Waals surface area contributed by atoms with Crippen LogP contribution in [0.1, 0.15) is 17.0 Å². The van der Waals surface area contributed by atoms with Crippen LogP contribution < -0.4 is 0 Å². The summed E-state index contributed by atoms with van der Waals surface area (Å²) in [6, 6.07) is 6.41. The van der Waals surface area contributed by atoms with Crippen molar-refractivity contribution in [3.8, 4) is 0 Å². The first-order valence-electron chi connectivity index (χ1n) is 7.27. The van der Waals surface area contributed by atoms with E-state index >= 15 is 0 Å². The molecule has 1 aliphatic heterocycles. The van der Waals surface area contributed by atoms with Gasteiger partial charge in [0.15, 0.2) is 0 Å². The Hall–Kier alpha value is -1.43. The molecule has 0 unspecified atom stereocenters. The van der Waals surface area contributed by atoms with Gasteiger partial charge in [0.25, 0.3) is 0 Å². The Kier molecular flexibility index (Phi) is 4.47. The Bertz CT molecular complexity index is 641. The summed E-state index contributed by atoms with van der Waals surface area (Å²) in [5, 5.41) is 14.5. The summed E-state index contributed by atoms with van der Waals surface area (Å²) in [6.45, 7) is 3.74. The second-order valence-corrected chi connectivity index (χ2v) is 6.37. The molecular weight excluding hydrogens is 307 g/mol. The van der Waals surface area contributed by atoms with E-state index in [1.165, 1.54) is 12.1 Å². The molecule has 3 rings (SSSR count). The SMILES string of the molecule is Cc1cc(C[C@@H]2CN(Cc3cc(F)cc(Cl)c3)C[C@@H]2O)on1. The van der Waals surface area contributed by atoms with Crippen LogP contribution in [0.5, 0.6) is 0 Å². The average molecular weight is 325 g/mol. The minimum absolute atomic E-state index is 0.0939. The van der Waals surface area contributed by atoms with E-state index < -0.39 is 6.10 Å². The summed E-state index contributed by atoms with van der Waals surface area (Å²) < 4.78 is 18.6.